The molecular formula is C15H21FN2O. The maximum atomic E-state index is 14.0. The smallest absolute Gasteiger partial charge is 0.244 e. The van der Waals surface area contributed by atoms with E-state index in [9.17, 15) is 9.18 Å². The van der Waals surface area contributed by atoms with E-state index in [0.29, 0.717) is 5.56 Å². The molecular weight excluding hydrogens is 243 g/mol. The summed E-state index contributed by atoms with van der Waals surface area (Å²) in [4.78, 5) is 16.1. The van der Waals surface area contributed by atoms with Crippen LogP contribution in [0, 0.1) is 5.82 Å². The van der Waals surface area contributed by atoms with Gasteiger partial charge in [0.25, 0.3) is 0 Å². The number of likely N-dealkylation sites (tertiary alicyclic amines) is 1. The molecule has 1 fully saturated rings. The highest BCUT2D eigenvalue weighted by Crippen LogP contribution is 2.27. The van der Waals surface area contributed by atoms with Crippen molar-refractivity contribution in [2.75, 3.05) is 27.2 Å². The molecule has 1 atom stereocenters. The summed E-state index contributed by atoms with van der Waals surface area (Å²) in [7, 11) is 3.44. The van der Waals surface area contributed by atoms with Crippen LogP contribution in [0.3, 0.4) is 0 Å². The molecule has 1 saturated heterocycles. The number of halogens is 1. The number of likely N-dealkylation sites (N-methyl/N-ethyl adjacent to an activating group) is 1. The molecule has 0 aromatic heterocycles. The quantitative estimate of drug-likeness (QED) is 0.837. The Labute approximate surface area is 114 Å². The van der Waals surface area contributed by atoms with Crippen LogP contribution >= 0.6 is 0 Å². The highest BCUT2D eigenvalue weighted by molar-refractivity contribution is 5.83. The third kappa shape index (κ3) is 3.13. The third-order valence-electron chi connectivity index (χ3n) is 3.63. The van der Waals surface area contributed by atoms with Crippen LogP contribution in [0.25, 0.3) is 0 Å². The van der Waals surface area contributed by atoms with Crippen LogP contribution in [0.15, 0.2) is 24.3 Å². The third-order valence-corrected chi connectivity index (χ3v) is 3.63. The lowest BCUT2D eigenvalue weighted by Crippen LogP contribution is -2.42. The Kier molecular flexibility index (Phi) is 4.53. The van der Waals surface area contributed by atoms with Gasteiger partial charge in [-0.25, -0.2) is 4.39 Å². The zero-order valence-electron chi connectivity index (χ0n) is 11.6. The molecule has 2 rings (SSSR count). The topological polar surface area (TPSA) is 23.6 Å². The van der Waals surface area contributed by atoms with Gasteiger partial charge in [0.2, 0.25) is 5.91 Å². The molecule has 0 radical (unpaired) electrons. The van der Waals surface area contributed by atoms with Crippen molar-refractivity contribution < 1.29 is 9.18 Å². The highest BCUT2D eigenvalue weighted by atomic mass is 19.1. The number of hydrogen-bond donors (Lipinski definition) is 0. The lowest BCUT2D eigenvalue weighted by atomic mass is 10.00. The number of amides is 1. The standard InChI is InChI=1S/C15H21FN2O/c1-17(2)15(19)14(18-10-6-3-7-11-18)12-8-4-5-9-13(12)16/h4-5,8-9,14H,3,6-7,10-11H2,1-2H3. The zero-order valence-corrected chi connectivity index (χ0v) is 11.6. The maximum absolute atomic E-state index is 14.0. The monoisotopic (exact) mass is 264 g/mol. The first kappa shape index (κ1) is 14.0. The molecule has 1 aromatic rings. The molecule has 0 saturated carbocycles. The Morgan fingerprint density at radius 3 is 2.42 bits per heavy atom. The summed E-state index contributed by atoms with van der Waals surface area (Å²) < 4.78 is 14.0. The van der Waals surface area contributed by atoms with Crippen molar-refractivity contribution in [2.24, 2.45) is 0 Å². The fourth-order valence-electron chi connectivity index (χ4n) is 2.60. The number of carbonyl (C=O) groups is 1. The van der Waals surface area contributed by atoms with E-state index < -0.39 is 6.04 Å². The van der Waals surface area contributed by atoms with Crippen molar-refractivity contribution >= 4 is 5.91 Å². The molecule has 1 aromatic carbocycles. The molecule has 1 amide bonds. The molecule has 1 heterocycles. The van der Waals surface area contributed by atoms with Gasteiger partial charge in [0.1, 0.15) is 11.9 Å². The van der Waals surface area contributed by atoms with Crippen molar-refractivity contribution in [1.82, 2.24) is 9.80 Å². The van der Waals surface area contributed by atoms with E-state index in [0.717, 1.165) is 25.9 Å². The molecule has 1 aliphatic rings. The van der Waals surface area contributed by atoms with Crippen LogP contribution < -0.4 is 0 Å². The molecule has 19 heavy (non-hydrogen) atoms. The van der Waals surface area contributed by atoms with Crippen molar-refractivity contribution in [3.05, 3.63) is 35.6 Å². The van der Waals surface area contributed by atoms with E-state index in [1.807, 2.05) is 0 Å². The van der Waals surface area contributed by atoms with E-state index in [1.54, 1.807) is 37.2 Å². The first-order chi connectivity index (χ1) is 9.11. The molecule has 0 N–H and O–H groups in total. The SMILES string of the molecule is CN(C)C(=O)C(c1ccccc1F)N1CCCCC1. The second-order valence-corrected chi connectivity index (χ2v) is 5.25. The summed E-state index contributed by atoms with van der Waals surface area (Å²) >= 11 is 0. The summed E-state index contributed by atoms with van der Waals surface area (Å²) in [5, 5.41) is 0. The van der Waals surface area contributed by atoms with E-state index in [-0.39, 0.29) is 11.7 Å². The maximum Gasteiger partial charge on any atom is 0.244 e. The van der Waals surface area contributed by atoms with E-state index in [2.05, 4.69) is 4.90 Å². The van der Waals surface area contributed by atoms with Gasteiger partial charge in [-0.05, 0) is 32.0 Å². The number of rotatable bonds is 3. The van der Waals surface area contributed by atoms with Gasteiger partial charge in [0.15, 0.2) is 0 Å². The van der Waals surface area contributed by atoms with Crippen molar-refractivity contribution in [3.63, 3.8) is 0 Å². The Bertz CT molecular complexity index is 442. The van der Waals surface area contributed by atoms with Crippen molar-refractivity contribution in [3.8, 4) is 0 Å². The number of piperidine rings is 1. The molecule has 3 nitrogen and oxygen atoms in total. The minimum atomic E-state index is -0.489. The Hall–Kier alpha value is -1.42. The van der Waals surface area contributed by atoms with E-state index in [1.165, 1.54) is 12.5 Å². The summed E-state index contributed by atoms with van der Waals surface area (Å²) in [5.74, 6) is -0.347. The first-order valence-corrected chi connectivity index (χ1v) is 6.81. The second kappa shape index (κ2) is 6.15. The summed E-state index contributed by atoms with van der Waals surface area (Å²) in [6.45, 7) is 1.72. The molecule has 0 aliphatic carbocycles. The minimum absolute atomic E-state index is 0.0491. The molecule has 0 spiro atoms. The molecule has 0 bridgehead atoms. The van der Waals surface area contributed by atoms with Crippen LogP contribution in [0.4, 0.5) is 4.39 Å². The van der Waals surface area contributed by atoms with Crippen LogP contribution in [0.1, 0.15) is 30.9 Å². The zero-order chi connectivity index (χ0) is 13.8. The van der Waals surface area contributed by atoms with Gasteiger partial charge in [-0.2, -0.15) is 0 Å². The van der Waals surface area contributed by atoms with E-state index >= 15 is 0 Å². The number of hydrogen-bond acceptors (Lipinski definition) is 2. The van der Waals surface area contributed by atoms with Gasteiger partial charge in [0, 0.05) is 19.7 Å². The number of nitrogens with zero attached hydrogens (tertiary/aromatic N) is 2. The average molecular weight is 264 g/mol. The Morgan fingerprint density at radius 1 is 1.21 bits per heavy atom. The van der Waals surface area contributed by atoms with Gasteiger partial charge in [-0.3, -0.25) is 9.69 Å². The lowest BCUT2D eigenvalue weighted by molar-refractivity contribution is -0.135. The normalized spacial score (nSPS) is 18.1. The van der Waals surface area contributed by atoms with Crippen molar-refractivity contribution in [1.29, 1.82) is 0 Å². The number of benzene rings is 1. The van der Waals surface area contributed by atoms with Crippen LogP contribution in [0.5, 0.6) is 0 Å². The Balaban J connectivity index is 2.33. The fourth-order valence-corrected chi connectivity index (χ4v) is 2.60. The summed E-state index contributed by atoms with van der Waals surface area (Å²) in [6, 6.07) is 6.10. The Morgan fingerprint density at radius 2 is 1.84 bits per heavy atom. The van der Waals surface area contributed by atoms with Gasteiger partial charge >= 0.3 is 0 Å². The van der Waals surface area contributed by atoms with Gasteiger partial charge < -0.3 is 4.90 Å². The second-order valence-electron chi connectivity index (χ2n) is 5.25. The minimum Gasteiger partial charge on any atom is -0.347 e. The van der Waals surface area contributed by atoms with Crippen LogP contribution in [-0.4, -0.2) is 42.9 Å². The van der Waals surface area contributed by atoms with E-state index in [4.69, 9.17) is 0 Å². The predicted octanol–water partition coefficient (Wildman–Crippen LogP) is 2.44. The molecule has 104 valence electrons. The van der Waals surface area contributed by atoms with Gasteiger partial charge in [-0.15, -0.1) is 0 Å². The predicted molar refractivity (Wildman–Crippen MR) is 73.3 cm³/mol. The highest BCUT2D eigenvalue weighted by Gasteiger charge is 2.31. The summed E-state index contributed by atoms with van der Waals surface area (Å²) in [6.07, 6.45) is 3.34. The van der Waals surface area contributed by atoms with Crippen LogP contribution in [-0.2, 0) is 4.79 Å². The van der Waals surface area contributed by atoms with Gasteiger partial charge in [-0.1, -0.05) is 24.6 Å². The van der Waals surface area contributed by atoms with Crippen molar-refractivity contribution in [2.45, 2.75) is 25.3 Å². The van der Waals surface area contributed by atoms with Crippen LogP contribution in [0.2, 0.25) is 0 Å². The molecule has 1 unspecified atom stereocenters. The first-order valence-electron chi connectivity index (χ1n) is 6.81. The number of carbonyl (C=O) groups excluding carboxylic acids is 1. The molecule has 1 aliphatic heterocycles. The van der Waals surface area contributed by atoms with Gasteiger partial charge in [0.05, 0.1) is 0 Å². The molecule has 4 heteroatoms. The lowest BCUT2D eigenvalue weighted by Gasteiger charge is -2.35. The fraction of sp³-hybridized carbons (Fsp3) is 0.533. The largest absolute Gasteiger partial charge is 0.347 e. The average Bonchev–Trinajstić information content (AvgIpc) is 2.42. The summed E-state index contributed by atoms with van der Waals surface area (Å²) in [5.41, 5.74) is 0.489.